The van der Waals surface area contributed by atoms with Crippen molar-refractivity contribution >= 4 is 23.7 Å². The smallest absolute Gasteiger partial charge is 0.297 e. The molecule has 0 spiro atoms. The topological polar surface area (TPSA) is 125 Å². The molecule has 0 aliphatic carbocycles. The molecule has 0 amide bonds. The molecule has 1 rings (SSSR count). The third kappa shape index (κ3) is 6.81. The third-order valence-corrected chi connectivity index (χ3v) is 6.95. The number of aromatic amines is 1. The second-order valence-corrected chi connectivity index (χ2v) is 9.18. The molecule has 0 aliphatic heterocycles. The molecule has 12 heteroatoms. The highest BCUT2D eigenvalue weighted by Crippen LogP contribution is 2.59. The summed E-state index contributed by atoms with van der Waals surface area (Å²) in [5.41, 5.74) is -0.657. The van der Waals surface area contributed by atoms with Gasteiger partial charge in [0.25, 0.3) is 5.56 Å². The van der Waals surface area contributed by atoms with E-state index < -0.39 is 34.9 Å². The average molecular weight is 382 g/mol. The number of aryl methyl sites for hydroxylation is 1. The lowest BCUT2D eigenvalue weighted by molar-refractivity contribution is 0.397. The van der Waals surface area contributed by atoms with Gasteiger partial charge in [-0.05, 0) is 16.1 Å². The normalized spacial score (nSPS) is 15.4. The van der Waals surface area contributed by atoms with E-state index in [9.17, 15) is 23.3 Å². The lowest BCUT2D eigenvalue weighted by atomic mass is 10.4. The maximum atomic E-state index is 12.2. The first kappa shape index (κ1) is 19.8. The fourth-order valence-electron chi connectivity index (χ4n) is 1.58. The summed E-state index contributed by atoms with van der Waals surface area (Å²) in [7, 11) is -8.17. The van der Waals surface area contributed by atoms with Crippen LogP contribution >= 0.6 is 23.7 Å². The number of hydrogen-bond acceptors (Lipinski definition) is 7. The third-order valence-electron chi connectivity index (χ3n) is 2.47. The predicted molar refractivity (Wildman–Crippen MR) is 86.9 cm³/mol. The van der Waals surface area contributed by atoms with E-state index >= 15 is 0 Å². The van der Waals surface area contributed by atoms with Crippen LogP contribution in [0.3, 0.4) is 0 Å². The Balaban J connectivity index is 2.80. The van der Waals surface area contributed by atoms with Crippen molar-refractivity contribution in [1.82, 2.24) is 9.55 Å². The maximum absolute atomic E-state index is 12.2. The van der Waals surface area contributed by atoms with Crippen LogP contribution in [0.4, 0.5) is 0 Å². The molecule has 1 heterocycles. The van der Waals surface area contributed by atoms with Gasteiger partial charge in [-0.25, -0.2) is 4.79 Å². The van der Waals surface area contributed by atoms with E-state index in [0.717, 1.165) is 0 Å². The monoisotopic (exact) mass is 382 g/mol. The zero-order chi connectivity index (χ0) is 17.6. The van der Waals surface area contributed by atoms with Gasteiger partial charge in [0, 0.05) is 18.3 Å². The summed E-state index contributed by atoms with van der Waals surface area (Å²) >= 11 is 0. The molecule has 1 N–H and O–H groups in total. The number of nitrogens with one attached hydrogen (secondary N) is 1. The van der Waals surface area contributed by atoms with Gasteiger partial charge in [-0.3, -0.25) is 18.9 Å². The van der Waals surface area contributed by atoms with Crippen molar-refractivity contribution in [1.29, 1.82) is 0 Å². The number of rotatable bonds is 8. The molecule has 2 atom stereocenters. The molecule has 9 nitrogen and oxygen atoms in total. The minimum Gasteiger partial charge on any atom is -0.297 e. The van der Waals surface area contributed by atoms with Crippen molar-refractivity contribution < 1.29 is 22.3 Å². The zero-order valence-corrected chi connectivity index (χ0v) is 15.5. The van der Waals surface area contributed by atoms with Gasteiger partial charge in [0.05, 0.1) is 6.16 Å². The van der Waals surface area contributed by atoms with E-state index in [2.05, 4.69) is 4.98 Å². The van der Waals surface area contributed by atoms with E-state index in [1.165, 1.54) is 36.2 Å². The first-order valence-corrected chi connectivity index (χ1v) is 11.4. The van der Waals surface area contributed by atoms with Crippen LogP contribution in [0.15, 0.2) is 27.9 Å². The molecule has 1 aromatic heterocycles. The van der Waals surface area contributed by atoms with Crippen molar-refractivity contribution in [2.24, 2.45) is 0 Å². The van der Waals surface area contributed by atoms with E-state index in [0.29, 0.717) is 5.56 Å². The fraction of sp³-hybridized carbons (Fsp3) is 0.455. The Labute approximate surface area is 134 Å². The zero-order valence-electron chi connectivity index (χ0n) is 12.8. The Morgan fingerprint density at radius 3 is 2.30 bits per heavy atom. The number of nitrogens with zero attached hydrogens (tertiary/aromatic N) is 1. The van der Waals surface area contributed by atoms with Crippen molar-refractivity contribution in [3.05, 3.63) is 44.8 Å². The van der Waals surface area contributed by atoms with Crippen LogP contribution in [0.25, 0.3) is 0 Å². The Morgan fingerprint density at radius 1 is 1.22 bits per heavy atom. The van der Waals surface area contributed by atoms with Gasteiger partial charge in [0.1, 0.15) is 0 Å². The summed E-state index contributed by atoms with van der Waals surface area (Å²) in [5.74, 6) is 0. The number of H-pyrrole nitrogens is 1. The van der Waals surface area contributed by atoms with E-state index in [1.807, 2.05) is 0 Å². The van der Waals surface area contributed by atoms with Crippen LogP contribution in [-0.4, -0.2) is 29.0 Å². The van der Waals surface area contributed by atoms with Crippen molar-refractivity contribution in [2.75, 3.05) is 19.5 Å². The quantitative estimate of drug-likeness (QED) is 0.541. The second kappa shape index (κ2) is 8.57. The molecule has 126 valence electrons. The van der Waals surface area contributed by atoms with E-state index in [4.69, 9.17) is 8.62 Å². The first-order valence-electron chi connectivity index (χ1n) is 6.38. The summed E-state index contributed by atoms with van der Waals surface area (Å²) in [6, 6.07) is 0. The summed E-state index contributed by atoms with van der Waals surface area (Å²) in [6.07, 6.45) is 4.06. The highest BCUT2D eigenvalue weighted by atomic mass is 31.3. The number of aromatic nitrogens is 2. The lowest BCUT2D eigenvalue weighted by Crippen LogP contribution is -2.30. The van der Waals surface area contributed by atoms with Crippen LogP contribution in [0, 0.1) is 6.92 Å². The molecular weight excluding hydrogens is 365 g/mol. The standard InChI is InChI=1S/C11H16N2O7P3/c1-9-8-13(11(15)12-10(9)14)6-4-5-7-23(18,19-21(2)16)20-22(3)17/h4-5,8H,6-7H2,1-3H3/q+1/p+1/b5-4+. The minimum atomic E-state index is -3.78. The van der Waals surface area contributed by atoms with Gasteiger partial charge < -0.3 is 0 Å². The lowest BCUT2D eigenvalue weighted by Gasteiger charge is -2.03. The second-order valence-electron chi connectivity index (χ2n) is 4.53. The van der Waals surface area contributed by atoms with Gasteiger partial charge in [-0.2, -0.15) is 0 Å². The fourth-order valence-corrected chi connectivity index (χ4v) is 5.71. The average Bonchev–Trinajstić information content (AvgIpc) is 2.38. The van der Waals surface area contributed by atoms with Gasteiger partial charge in [-0.1, -0.05) is 20.8 Å². The number of allylic oxidation sites excluding steroid dienone is 2. The van der Waals surface area contributed by atoms with Crippen molar-refractivity contribution in [2.45, 2.75) is 13.5 Å². The molecule has 23 heavy (non-hydrogen) atoms. The predicted octanol–water partition coefficient (Wildman–Crippen LogP) is 2.37. The summed E-state index contributed by atoms with van der Waals surface area (Å²) in [6.45, 7) is 4.10. The van der Waals surface area contributed by atoms with Crippen LogP contribution in [0.2, 0.25) is 0 Å². The first-order chi connectivity index (χ1) is 10.6. The largest absolute Gasteiger partial charge is 0.513 e. The van der Waals surface area contributed by atoms with Crippen LogP contribution < -0.4 is 11.2 Å². The van der Waals surface area contributed by atoms with Gasteiger partial charge in [-0.15, -0.1) is 0 Å². The SMILES string of the molecule is Cc1cn(C/C=C/CP(=O)(O[P+](C)=O)O[P+](C)=O)c(=O)[nH]c1=O. The molecule has 0 bridgehead atoms. The van der Waals surface area contributed by atoms with Crippen LogP contribution in [0.1, 0.15) is 5.56 Å². The van der Waals surface area contributed by atoms with Crippen LogP contribution in [0.5, 0.6) is 0 Å². The van der Waals surface area contributed by atoms with Crippen molar-refractivity contribution in [3.8, 4) is 0 Å². The maximum Gasteiger partial charge on any atom is 0.513 e. The Kier molecular flexibility index (Phi) is 7.39. The Hall–Kier alpha value is -1.23. The van der Waals surface area contributed by atoms with E-state index in [1.54, 1.807) is 6.92 Å². The van der Waals surface area contributed by atoms with Gasteiger partial charge >= 0.3 is 29.3 Å². The number of hydrogen-bond donors (Lipinski definition) is 1. The Morgan fingerprint density at radius 2 is 1.78 bits per heavy atom. The van der Waals surface area contributed by atoms with Crippen molar-refractivity contribution in [3.63, 3.8) is 0 Å². The Bertz CT molecular complexity index is 776. The highest BCUT2D eigenvalue weighted by molar-refractivity contribution is 7.66. The summed E-state index contributed by atoms with van der Waals surface area (Å²) in [4.78, 5) is 25.0. The molecule has 0 aromatic carbocycles. The summed E-state index contributed by atoms with van der Waals surface area (Å²) < 4.78 is 45.2. The molecule has 0 saturated heterocycles. The molecule has 2 unspecified atom stereocenters. The minimum absolute atomic E-state index is 0.118. The van der Waals surface area contributed by atoms with Crippen LogP contribution in [-0.2, 0) is 28.9 Å². The molecule has 0 radical (unpaired) electrons. The van der Waals surface area contributed by atoms with Gasteiger partial charge in [0.15, 0.2) is 13.3 Å². The molecular formula is C11H17N2O7P3+2. The highest BCUT2D eigenvalue weighted by Gasteiger charge is 2.39. The molecule has 0 fully saturated rings. The molecule has 1 aromatic rings. The summed E-state index contributed by atoms with van der Waals surface area (Å²) in [5, 5.41) is 0. The van der Waals surface area contributed by atoms with E-state index in [-0.39, 0.29) is 12.7 Å². The molecule has 0 aliphatic rings. The molecule has 0 saturated carbocycles. The van der Waals surface area contributed by atoms with Gasteiger partial charge in [0.2, 0.25) is 0 Å².